The van der Waals surface area contributed by atoms with Crippen molar-refractivity contribution in [2.45, 2.75) is 0 Å². The van der Waals surface area contributed by atoms with Gasteiger partial charge in [0.15, 0.2) is 0 Å². The van der Waals surface area contributed by atoms with E-state index in [1.807, 2.05) is 0 Å². The highest BCUT2D eigenvalue weighted by Gasteiger charge is 2.16. The van der Waals surface area contributed by atoms with E-state index in [4.69, 9.17) is 17.3 Å². The Kier molecular flexibility index (Phi) is 3.94. The van der Waals surface area contributed by atoms with Crippen molar-refractivity contribution in [2.75, 3.05) is 5.88 Å². The molecular weight excluding hydrogens is 252 g/mol. The summed E-state index contributed by atoms with van der Waals surface area (Å²) in [6.45, 7) is 0. The third-order valence-electron chi connectivity index (χ3n) is 1.72. The maximum absolute atomic E-state index is 10.6. The zero-order valence-electron chi connectivity index (χ0n) is 8.37. The van der Waals surface area contributed by atoms with Crippen LogP contribution in [0.15, 0.2) is 23.2 Å². The maximum Gasteiger partial charge on any atom is 0.278 e. The molecule has 1 aromatic rings. The van der Waals surface area contributed by atoms with E-state index in [0.717, 1.165) is 18.2 Å². The molecule has 0 radical (unpaired) electrons. The molecule has 0 aliphatic heterocycles. The molecule has 8 nitrogen and oxygen atoms in total. The van der Waals surface area contributed by atoms with E-state index >= 15 is 0 Å². The van der Waals surface area contributed by atoms with E-state index in [9.17, 15) is 20.2 Å². The first-order chi connectivity index (χ1) is 7.93. The summed E-state index contributed by atoms with van der Waals surface area (Å²) in [5, 5.41) is 21.1. The second-order valence-corrected chi connectivity index (χ2v) is 3.23. The minimum atomic E-state index is -0.747. The van der Waals surface area contributed by atoms with Gasteiger partial charge in [-0.2, -0.15) is 0 Å². The number of hydrogen-bond acceptors (Lipinski definition) is 5. The standard InChI is InChI=1S/C8H7ClN4O4/c9-4-8(10)11-5-1-6(12(14)15)3-7(2-5)13(16)17/h1-3H,4H2,(H2,10,11). The van der Waals surface area contributed by atoms with Crippen LogP contribution in [0.5, 0.6) is 0 Å². The fraction of sp³-hybridized carbons (Fsp3) is 0.125. The number of non-ortho nitro benzene ring substituents is 2. The van der Waals surface area contributed by atoms with E-state index in [-0.39, 0.29) is 17.4 Å². The van der Waals surface area contributed by atoms with Crippen molar-refractivity contribution in [3.05, 3.63) is 38.4 Å². The molecule has 0 heterocycles. The lowest BCUT2D eigenvalue weighted by atomic mass is 10.2. The van der Waals surface area contributed by atoms with Crippen LogP contribution < -0.4 is 5.73 Å². The highest BCUT2D eigenvalue weighted by atomic mass is 35.5. The number of nitro groups is 2. The van der Waals surface area contributed by atoms with Gasteiger partial charge in [0, 0.05) is 12.1 Å². The van der Waals surface area contributed by atoms with E-state index in [1.165, 1.54) is 0 Å². The summed E-state index contributed by atoms with van der Waals surface area (Å²) >= 11 is 5.38. The van der Waals surface area contributed by atoms with Crippen molar-refractivity contribution in [1.29, 1.82) is 0 Å². The van der Waals surface area contributed by atoms with Crippen molar-refractivity contribution in [3.63, 3.8) is 0 Å². The van der Waals surface area contributed by atoms with E-state index in [0.29, 0.717) is 0 Å². The molecule has 0 bridgehead atoms. The molecule has 1 aromatic carbocycles. The summed E-state index contributed by atoms with van der Waals surface area (Å²) in [7, 11) is 0. The Morgan fingerprint density at radius 2 is 1.71 bits per heavy atom. The summed E-state index contributed by atoms with van der Waals surface area (Å²) < 4.78 is 0. The summed E-state index contributed by atoms with van der Waals surface area (Å²) in [6.07, 6.45) is 0. The van der Waals surface area contributed by atoms with Crippen molar-refractivity contribution >= 4 is 34.5 Å². The molecule has 0 atom stereocenters. The van der Waals surface area contributed by atoms with Gasteiger partial charge in [0.25, 0.3) is 11.4 Å². The number of hydrogen-bond donors (Lipinski definition) is 1. The Labute approximate surface area is 100 Å². The lowest BCUT2D eigenvalue weighted by Gasteiger charge is -1.98. The second-order valence-electron chi connectivity index (χ2n) is 2.96. The summed E-state index contributed by atoms with van der Waals surface area (Å²) in [5.74, 6) is -0.0577. The number of nitrogens with two attached hydrogens (primary N) is 1. The summed E-state index contributed by atoms with van der Waals surface area (Å²) in [5.41, 5.74) is 4.49. The van der Waals surface area contributed by atoms with Crippen molar-refractivity contribution in [2.24, 2.45) is 10.7 Å². The van der Waals surface area contributed by atoms with Crippen molar-refractivity contribution in [3.8, 4) is 0 Å². The Morgan fingerprint density at radius 1 is 1.24 bits per heavy atom. The Hall–Kier alpha value is -2.22. The zero-order valence-corrected chi connectivity index (χ0v) is 9.13. The van der Waals surface area contributed by atoms with Gasteiger partial charge in [-0.15, -0.1) is 11.6 Å². The molecular formula is C8H7ClN4O4. The van der Waals surface area contributed by atoms with Crippen LogP contribution in [0, 0.1) is 20.2 Å². The quantitative estimate of drug-likeness (QED) is 0.289. The number of amidine groups is 1. The highest BCUT2D eigenvalue weighted by Crippen LogP contribution is 2.27. The molecule has 17 heavy (non-hydrogen) atoms. The van der Waals surface area contributed by atoms with Crippen LogP contribution in [0.4, 0.5) is 17.1 Å². The number of benzene rings is 1. The van der Waals surface area contributed by atoms with Crippen LogP contribution in [0.1, 0.15) is 0 Å². The second kappa shape index (κ2) is 5.21. The topological polar surface area (TPSA) is 125 Å². The number of nitro benzene ring substituents is 2. The van der Waals surface area contributed by atoms with Gasteiger partial charge in [-0.25, -0.2) is 4.99 Å². The zero-order chi connectivity index (χ0) is 13.0. The summed E-state index contributed by atoms with van der Waals surface area (Å²) in [4.78, 5) is 23.3. The Balaban J connectivity index is 3.31. The molecule has 0 fully saturated rings. The average molecular weight is 259 g/mol. The fourth-order valence-electron chi connectivity index (χ4n) is 1.05. The molecule has 0 aliphatic carbocycles. The van der Waals surface area contributed by atoms with Gasteiger partial charge in [0.2, 0.25) is 0 Å². The van der Waals surface area contributed by atoms with Crippen LogP contribution in [-0.4, -0.2) is 21.6 Å². The van der Waals surface area contributed by atoms with Crippen LogP contribution in [-0.2, 0) is 0 Å². The van der Waals surface area contributed by atoms with Gasteiger partial charge in [-0.05, 0) is 0 Å². The lowest BCUT2D eigenvalue weighted by Crippen LogP contribution is -2.12. The third-order valence-corrected chi connectivity index (χ3v) is 1.99. The number of rotatable bonds is 4. The van der Waals surface area contributed by atoms with Gasteiger partial charge < -0.3 is 5.73 Å². The first-order valence-corrected chi connectivity index (χ1v) is 4.80. The van der Waals surface area contributed by atoms with Gasteiger partial charge in [0.05, 0.1) is 27.5 Å². The highest BCUT2D eigenvalue weighted by molar-refractivity contribution is 6.28. The van der Waals surface area contributed by atoms with Crippen molar-refractivity contribution < 1.29 is 9.85 Å². The maximum atomic E-state index is 10.6. The molecule has 0 amide bonds. The van der Waals surface area contributed by atoms with E-state index in [2.05, 4.69) is 4.99 Å². The number of halogens is 1. The van der Waals surface area contributed by atoms with E-state index in [1.54, 1.807) is 0 Å². The fourth-order valence-corrected chi connectivity index (χ4v) is 1.11. The smallest absolute Gasteiger partial charge is 0.278 e. The molecule has 90 valence electrons. The lowest BCUT2D eigenvalue weighted by molar-refractivity contribution is -0.394. The largest absolute Gasteiger partial charge is 0.386 e. The van der Waals surface area contributed by atoms with Crippen LogP contribution in [0.2, 0.25) is 0 Å². The van der Waals surface area contributed by atoms with Crippen LogP contribution >= 0.6 is 11.6 Å². The average Bonchev–Trinajstić information content (AvgIpc) is 2.28. The third kappa shape index (κ3) is 3.38. The van der Waals surface area contributed by atoms with Gasteiger partial charge in [0.1, 0.15) is 5.84 Å². The first-order valence-electron chi connectivity index (χ1n) is 4.27. The van der Waals surface area contributed by atoms with Crippen LogP contribution in [0.3, 0.4) is 0 Å². The first kappa shape index (κ1) is 12.8. The molecule has 0 spiro atoms. The van der Waals surface area contributed by atoms with Crippen LogP contribution in [0.25, 0.3) is 0 Å². The SMILES string of the molecule is NC(CCl)=Nc1cc([N+](=O)[O-])cc([N+](=O)[O-])c1. The predicted octanol–water partition coefficient (Wildman–Crippen LogP) is 1.73. The van der Waals surface area contributed by atoms with Gasteiger partial charge in [-0.3, -0.25) is 20.2 Å². The predicted molar refractivity (Wildman–Crippen MR) is 61.8 cm³/mol. The molecule has 2 N–H and O–H groups in total. The van der Waals surface area contributed by atoms with Gasteiger partial charge >= 0.3 is 0 Å². The van der Waals surface area contributed by atoms with E-state index < -0.39 is 21.2 Å². The Bertz CT molecular complexity index is 470. The molecule has 0 saturated carbocycles. The number of aliphatic imine (C=N–C) groups is 1. The molecule has 0 unspecified atom stereocenters. The monoisotopic (exact) mass is 258 g/mol. The molecule has 0 aliphatic rings. The molecule has 9 heteroatoms. The minimum absolute atomic E-state index is 0.0152. The van der Waals surface area contributed by atoms with Crippen molar-refractivity contribution in [1.82, 2.24) is 0 Å². The Morgan fingerprint density at radius 3 is 2.06 bits per heavy atom. The molecule has 0 saturated heterocycles. The molecule has 0 aromatic heterocycles. The molecule has 1 rings (SSSR count). The summed E-state index contributed by atoms with van der Waals surface area (Å²) in [6, 6.07) is 2.99. The normalized spacial score (nSPS) is 11.2. The number of alkyl halides is 1. The number of nitrogens with zero attached hydrogens (tertiary/aromatic N) is 3. The minimum Gasteiger partial charge on any atom is -0.386 e. The van der Waals surface area contributed by atoms with Gasteiger partial charge in [-0.1, -0.05) is 0 Å².